The van der Waals surface area contributed by atoms with Crippen LogP contribution in [-0.4, -0.2) is 55.9 Å². The molecule has 7 heteroatoms. The summed E-state index contributed by atoms with van der Waals surface area (Å²) in [6.45, 7) is 2.52. The normalized spacial score (nSPS) is 24.7. The van der Waals surface area contributed by atoms with E-state index in [0.717, 1.165) is 24.8 Å². The Morgan fingerprint density at radius 1 is 1.09 bits per heavy atom. The molecule has 128 valence electrons. The van der Waals surface area contributed by atoms with Gasteiger partial charge in [0.1, 0.15) is 0 Å². The van der Waals surface area contributed by atoms with Gasteiger partial charge in [0, 0.05) is 37.6 Å². The maximum atomic E-state index is 12.8. The van der Waals surface area contributed by atoms with Crippen LogP contribution >= 0.6 is 11.6 Å². The van der Waals surface area contributed by atoms with Gasteiger partial charge in [-0.15, -0.1) is 0 Å². The van der Waals surface area contributed by atoms with Gasteiger partial charge in [-0.1, -0.05) is 36.2 Å². The van der Waals surface area contributed by atoms with E-state index in [1.54, 1.807) is 8.61 Å². The summed E-state index contributed by atoms with van der Waals surface area (Å²) in [5.74, 6) is 0. The Bertz CT molecular complexity index is 632. The van der Waals surface area contributed by atoms with Crippen molar-refractivity contribution in [3.63, 3.8) is 0 Å². The van der Waals surface area contributed by atoms with Crippen molar-refractivity contribution in [1.29, 1.82) is 0 Å². The molecular weight excluding hydrogens is 336 g/mol. The molecule has 2 aliphatic heterocycles. The Labute approximate surface area is 143 Å². The summed E-state index contributed by atoms with van der Waals surface area (Å²) in [6.07, 6.45) is 3.50. The SMILES string of the molecule is O=S(=O)(N1CCCCC1)N1CCOC(Cc2ccccc2Cl)C1. The van der Waals surface area contributed by atoms with Gasteiger partial charge < -0.3 is 4.74 Å². The minimum atomic E-state index is -3.37. The molecule has 0 radical (unpaired) electrons. The molecule has 2 saturated heterocycles. The maximum absolute atomic E-state index is 12.8. The molecule has 1 aromatic rings. The standard InChI is InChI=1S/C16H23ClN2O3S/c17-16-7-3-2-6-14(16)12-15-13-19(10-11-22-15)23(20,21)18-8-4-1-5-9-18/h2-3,6-7,15H,1,4-5,8-13H2. The topological polar surface area (TPSA) is 49.9 Å². The highest BCUT2D eigenvalue weighted by Gasteiger charge is 2.34. The van der Waals surface area contributed by atoms with E-state index in [1.165, 1.54) is 0 Å². The molecule has 0 bridgehead atoms. The minimum absolute atomic E-state index is 0.150. The average Bonchev–Trinajstić information content (AvgIpc) is 2.58. The van der Waals surface area contributed by atoms with Crippen LogP contribution in [0.5, 0.6) is 0 Å². The molecule has 0 spiro atoms. The van der Waals surface area contributed by atoms with E-state index in [9.17, 15) is 8.42 Å². The lowest BCUT2D eigenvalue weighted by Crippen LogP contribution is -2.52. The Balaban J connectivity index is 1.67. The summed E-state index contributed by atoms with van der Waals surface area (Å²) in [4.78, 5) is 0. The number of ether oxygens (including phenoxy) is 1. The van der Waals surface area contributed by atoms with Crippen molar-refractivity contribution in [1.82, 2.24) is 8.61 Å². The number of nitrogens with zero attached hydrogens (tertiary/aromatic N) is 2. The van der Waals surface area contributed by atoms with Gasteiger partial charge in [0.15, 0.2) is 0 Å². The Hall–Kier alpha value is -0.660. The van der Waals surface area contributed by atoms with E-state index in [-0.39, 0.29) is 6.10 Å². The fourth-order valence-electron chi connectivity index (χ4n) is 3.19. The third-order valence-electron chi connectivity index (χ3n) is 4.47. The summed E-state index contributed by atoms with van der Waals surface area (Å²) in [5, 5.41) is 0.701. The summed E-state index contributed by atoms with van der Waals surface area (Å²) in [7, 11) is -3.37. The van der Waals surface area contributed by atoms with Gasteiger partial charge in [-0.2, -0.15) is 17.0 Å². The molecule has 2 fully saturated rings. The third-order valence-corrected chi connectivity index (χ3v) is 6.85. The lowest BCUT2D eigenvalue weighted by atomic mass is 10.1. The zero-order valence-electron chi connectivity index (χ0n) is 13.2. The lowest BCUT2D eigenvalue weighted by Gasteiger charge is -2.36. The molecule has 0 aliphatic carbocycles. The summed E-state index contributed by atoms with van der Waals surface area (Å²) in [5.41, 5.74) is 0.997. The van der Waals surface area contributed by atoms with Crippen LogP contribution in [0.2, 0.25) is 5.02 Å². The van der Waals surface area contributed by atoms with E-state index < -0.39 is 10.2 Å². The van der Waals surface area contributed by atoms with Crippen LogP contribution < -0.4 is 0 Å². The average molecular weight is 359 g/mol. The Morgan fingerprint density at radius 2 is 1.83 bits per heavy atom. The fourth-order valence-corrected chi connectivity index (χ4v) is 5.11. The van der Waals surface area contributed by atoms with Crippen LogP contribution in [0.3, 0.4) is 0 Å². The van der Waals surface area contributed by atoms with Crippen molar-refractivity contribution in [2.75, 3.05) is 32.8 Å². The van der Waals surface area contributed by atoms with Crippen LogP contribution in [0.1, 0.15) is 24.8 Å². The molecule has 0 aromatic heterocycles. The molecule has 1 atom stereocenters. The number of morpholine rings is 1. The maximum Gasteiger partial charge on any atom is 0.282 e. The van der Waals surface area contributed by atoms with Crippen molar-refractivity contribution in [3.8, 4) is 0 Å². The molecule has 0 saturated carbocycles. The predicted molar refractivity (Wildman–Crippen MR) is 90.8 cm³/mol. The summed E-state index contributed by atoms with van der Waals surface area (Å²) < 4.78 is 34.5. The van der Waals surface area contributed by atoms with Crippen molar-refractivity contribution in [2.45, 2.75) is 31.8 Å². The van der Waals surface area contributed by atoms with E-state index in [4.69, 9.17) is 16.3 Å². The molecular formula is C16H23ClN2O3S. The molecule has 0 N–H and O–H groups in total. The second kappa shape index (κ2) is 7.49. The van der Waals surface area contributed by atoms with Crippen molar-refractivity contribution >= 4 is 21.8 Å². The van der Waals surface area contributed by atoms with Gasteiger partial charge in [0.05, 0.1) is 12.7 Å². The summed E-state index contributed by atoms with van der Waals surface area (Å²) in [6, 6.07) is 7.64. The number of hydrogen-bond donors (Lipinski definition) is 0. The molecule has 1 aromatic carbocycles. The number of piperidine rings is 1. The highest BCUT2D eigenvalue weighted by molar-refractivity contribution is 7.86. The molecule has 2 aliphatic rings. The van der Waals surface area contributed by atoms with E-state index in [1.807, 2.05) is 24.3 Å². The van der Waals surface area contributed by atoms with Crippen molar-refractivity contribution in [3.05, 3.63) is 34.9 Å². The van der Waals surface area contributed by atoms with Gasteiger partial charge >= 0.3 is 0 Å². The highest BCUT2D eigenvalue weighted by Crippen LogP contribution is 2.22. The monoisotopic (exact) mass is 358 g/mol. The first-order chi connectivity index (χ1) is 11.1. The second-order valence-electron chi connectivity index (χ2n) is 6.11. The smallest absolute Gasteiger partial charge is 0.282 e. The number of hydrogen-bond acceptors (Lipinski definition) is 3. The molecule has 23 heavy (non-hydrogen) atoms. The van der Waals surface area contributed by atoms with Gasteiger partial charge in [-0.25, -0.2) is 0 Å². The van der Waals surface area contributed by atoms with Crippen LogP contribution in [0.4, 0.5) is 0 Å². The van der Waals surface area contributed by atoms with Crippen LogP contribution in [0, 0.1) is 0 Å². The first kappa shape index (κ1) is 17.2. The fraction of sp³-hybridized carbons (Fsp3) is 0.625. The van der Waals surface area contributed by atoms with E-state index >= 15 is 0 Å². The van der Waals surface area contributed by atoms with E-state index in [2.05, 4.69) is 0 Å². The van der Waals surface area contributed by atoms with Crippen molar-refractivity contribution in [2.24, 2.45) is 0 Å². The molecule has 2 heterocycles. The number of rotatable bonds is 4. The van der Waals surface area contributed by atoms with Crippen LogP contribution in [0.15, 0.2) is 24.3 Å². The minimum Gasteiger partial charge on any atom is -0.375 e. The van der Waals surface area contributed by atoms with Gasteiger partial charge in [-0.05, 0) is 24.5 Å². The number of halogens is 1. The summed E-state index contributed by atoms with van der Waals surface area (Å²) >= 11 is 6.20. The number of benzene rings is 1. The Kier molecular flexibility index (Phi) is 5.59. The molecule has 1 unspecified atom stereocenters. The second-order valence-corrected chi connectivity index (χ2v) is 8.45. The third kappa shape index (κ3) is 4.06. The first-order valence-corrected chi connectivity index (χ1v) is 9.95. The van der Waals surface area contributed by atoms with Gasteiger partial charge in [-0.3, -0.25) is 0 Å². The van der Waals surface area contributed by atoms with Crippen LogP contribution in [-0.2, 0) is 21.4 Å². The quantitative estimate of drug-likeness (QED) is 0.830. The lowest BCUT2D eigenvalue weighted by molar-refractivity contribution is -0.00242. The zero-order chi connectivity index (χ0) is 16.3. The molecule has 3 rings (SSSR count). The molecule has 0 amide bonds. The van der Waals surface area contributed by atoms with Crippen LogP contribution in [0.25, 0.3) is 0 Å². The first-order valence-electron chi connectivity index (χ1n) is 8.17. The highest BCUT2D eigenvalue weighted by atomic mass is 35.5. The van der Waals surface area contributed by atoms with Gasteiger partial charge in [0.2, 0.25) is 0 Å². The molecule has 5 nitrogen and oxygen atoms in total. The predicted octanol–water partition coefficient (Wildman–Crippen LogP) is 2.31. The zero-order valence-corrected chi connectivity index (χ0v) is 14.7. The Morgan fingerprint density at radius 3 is 2.57 bits per heavy atom. The van der Waals surface area contributed by atoms with E-state index in [0.29, 0.717) is 44.2 Å². The van der Waals surface area contributed by atoms with Crippen molar-refractivity contribution < 1.29 is 13.2 Å². The van der Waals surface area contributed by atoms with Gasteiger partial charge in [0.25, 0.3) is 10.2 Å². The largest absolute Gasteiger partial charge is 0.375 e.